The highest BCUT2D eigenvalue weighted by molar-refractivity contribution is 6.22. The second kappa shape index (κ2) is 5.64. The Balaban J connectivity index is 2.05. The van der Waals surface area contributed by atoms with Gasteiger partial charge in [-0.2, -0.15) is 0 Å². The monoisotopic (exact) mass is 276 g/mol. The number of hydrogen-bond donors (Lipinski definition) is 0. The second-order valence-electron chi connectivity index (χ2n) is 4.26. The minimum atomic E-state index is -0.658. The summed E-state index contributed by atoms with van der Waals surface area (Å²) in [5.41, 5.74) is 0.558. The molecule has 0 saturated heterocycles. The molecule has 20 heavy (non-hydrogen) atoms. The molecule has 2 rings (SSSR count). The lowest BCUT2D eigenvalue weighted by Gasteiger charge is -2.12. The molecule has 1 aromatic carbocycles. The lowest BCUT2D eigenvalue weighted by Crippen LogP contribution is -2.35. The van der Waals surface area contributed by atoms with Gasteiger partial charge >= 0.3 is 5.97 Å². The van der Waals surface area contributed by atoms with Gasteiger partial charge in [-0.25, -0.2) is 0 Å². The molecule has 104 valence electrons. The summed E-state index contributed by atoms with van der Waals surface area (Å²) >= 11 is 0. The lowest BCUT2D eigenvalue weighted by atomic mass is 10.1. The Hall–Kier alpha value is -2.50. The first kappa shape index (κ1) is 13.9. The molecule has 1 aliphatic heterocycles. The zero-order chi connectivity index (χ0) is 14.7. The van der Waals surface area contributed by atoms with Crippen molar-refractivity contribution in [2.24, 2.45) is 0 Å². The summed E-state index contributed by atoms with van der Waals surface area (Å²) in [4.78, 5) is 47.7. The van der Waals surface area contributed by atoms with Crippen molar-refractivity contribution in [3.63, 3.8) is 0 Å². The van der Waals surface area contributed by atoms with Gasteiger partial charge in [0.15, 0.2) is 5.78 Å². The van der Waals surface area contributed by atoms with E-state index in [-0.39, 0.29) is 17.7 Å². The number of carbonyl (C=O) groups is 4. The number of ketones is 1. The Labute approximate surface area is 115 Å². The molecule has 1 aliphatic rings. The van der Waals surface area contributed by atoms with Crippen molar-refractivity contribution in [2.75, 3.05) is 13.2 Å². The quantitative estimate of drug-likeness (QED) is 0.344. The predicted octanol–water partition coefficient (Wildman–Crippen LogP) is 0.805. The molecule has 0 saturated carbocycles. The molecular formula is C14H13NO5. The van der Waals surface area contributed by atoms with Crippen molar-refractivity contribution in [3.8, 4) is 0 Å². The van der Waals surface area contributed by atoms with E-state index in [0.29, 0.717) is 0 Å². The highest BCUT2D eigenvalue weighted by Gasteiger charge is 2.36. The zero-order valence-electron chi connectivity index (χ0n) is 10.9. The molecule has 6 nitrogen and oxygen atoms in total. The number of Topliss-reactive ketones (excluding diaryl/α,β-unsaturated/α-hetero) is 1. The van der Waals surface area contributed by atoms with E-state index in [4.69, 9.17) is 0 Å². The average molecular weight is 276 g/mol. The molecule has 2 amide bonds. The summed E-state index contributed by atoms with van der Waals surface area (Å²) in [6.45, 7) is 1.40. The summed E-state index contributed by atoms with van der Waals surface area (Å²) in [5, 5.41) is 0. The topological polar surface area (TPSA) is 80.8 Å². The summed E-state index contributed by atoms with van der Waals surface area (Å²) in [6.07, 6.45) is -0.443. The largest absolute Gasteiger partial charge is 0.466 e. The normalized spacial score (nSPS) is 13.3. The van der Waals surface area contributed by atoms with Crippen LogP contribution in [0.15, 0.2) is 24.3 Å². The van der Waals surface area contributed by atoms with Gasteiger partial charge in [0.25, 0.3) is 11.8 Å². The fraction of sp³-hybridized carbons (Fsp3) is 0.286. The SMILES string of the molecule is CCOC(=O)[13CH2]C(=O)CN1C(=O)c2ccccc2C1=O. The third kappa shape index (κ3) is 2.59. The van der Waals surface area contributed by atoms with Gasteiger partial charge < -0.3 is 4.74 Å². The summed E-state index contributed by atoms with van der Waals surface area (Å²) in [7, 11) is 0. The third-order valence-electron chi connectivity index (χ3n) is 2.86. The molecule has 0 aliphatic carbocycles. The van der Waals surface area contributed by atoms with Crippen LogP contribution in [0.2, 0.25) is 0 Å². The lowest BCUT2D eigenvalue weighted by molar-refractivity contribution is -0.145. The minimum Gasteiger partial charge on any atom is -0.466 e. The van der Waals surface area contributed by atoms with Gasteiger partial charge in [0.1, 0.15) is 6.42 Å². The van der Waals surface area contributed by atoms with Crippen LogP contribution in [0, 0.1) is 0 Å². The molecule has 0 unspecified atom stereocenters. The molecule has 0 N–H and O–H groups in total. The van der Waals surface area contributed by atoms with Crippen molar-refractivity contribution in [3.05, 3.63) is 35.4 Å². The number of rotatable bonds is 5. The van der Waals surface area contributed by atoms with Gasteiger partial charge in [0.2, 0.25) is 0 Å². The van der Waals surface area contributed by atoms with Crippen LogP contribution in [0.5, 0.6) is 0 Å². The Kier molecular flexibility index (Phi) is 3.93. The Morgan fingerprint density at radius 3 is 2.15 bits per heavy atom. The van der Waals surface area contributed by atoms with Crippen LogP contribution in [-0.4, -0.2) is 41.6 Å². The number of imide groups is 1. The summed E-state index contributed by atoms with van der Waals surface area (Å²) < 4.78 is 4.64. The fourth-order valence-corrected chi connectivity index (χ4v) is 1.99. The number of ether oxygens (including phenoxy) is 1. The first-order chi connectivity index (χ1) is 9.54. The van der Waals surface area contributed by atoms with Gasteiger partial charge in [-0.1, -0.05) is 12.1 Å². The van der Waals surface area contributed by atoms with Crippen molar-refractivity contribution in [1.29, 1.82) is 0 Å². The number of carbonyl (C=O) groups excluding carboxylic acids is 4. The number of amides is 2. The molecule has 0 bridgehead atoms. The first-order valence-electron chi connectivity index (χ1n) is 6.17. The van der Waals surface area contributed by atoms with Crippen LogP contribution >= 0.6 is 0 Å². The number of nitrogens with zero attached hydrogens (tertiary/aromatic N) is 1. The number of esters is 1. The van der Waals surface area contributed by atoms with Crippen molar-refractivity contribution >= 4 is 23.6 Å². The smallest absolute Gasteiger partial charge is 0.313 e. The molecule has 6 heteroatoms. The van der Waals surface area contributed by atoms with E-state index in [1.807, 2.05) is 0 Å². The minimum absolute atomic E-state index is 0.180. The molecule has 1 heterocycles. The second-order valence-corrected chi connectivity index (χ2v) is 4.26. The van der Waals surface area contributed by atoms with Gasteiger partial charge in [0.05, 0.1) is 24.3 Å². The predicted molar refractivity (Wildman–Crippen MR) is 68.1 cm³/mol. The van der Waals surface area contributed by atoms with Crippen LogP contribution in [-0.2, 0) is 14.3 Å². The van der Waals surface area contributed by atoms with Crippen molar-refractivity contribution in [2.45, 2.75) is 13.3 Å². The van der Waals surface area contributed by atoms with E-state index in [0.717, 1.165) is 4.90 Å². The Morgan fingerprint density at radius 2 is 1.65 bits per heavy atom. The maximum Gasteiger partial charge on any atom is 0.313 e. The molecule has 0 spiro atoms. The molecule has 0 radical (unpaired) electrons. The van der Waals surface area contributed by atoms with Crippen molar-refractivity contribution < 1.29 is 23.9 Å². The van der Waals surface area contributed by atoms with Crippen LogP contribution in [0.4, 0.5) is 0 Å². The van der Waals surface area contributed by atoms with Crippen LogP contribution in [0.1, 0.15) is 34.1 Å². The Morgan fingerprint density at radius 1 is 1.10 bits per heavy atom. The van der Waals surface area contributed by atoms with Crippen LogP contribution < -0.4 is 0 Å². The van der Waals surface area contributed by atoms with Gasteiger partial charge in [0, 0.05) is 0 Å². The summed E-state index contributed by atoms with van der Waals surface area (Å²) in [5.74, 6) is -2.21. The van der Waals surface area contributed by atoms with Crippen molar-refractivity contribution in [1.82, 2.24) is 4.90 Å². The number of hydrogen-bond acceptors (Lipinski definition) is 5. The average Bonchev–Trinajstić information content (AvgIpc) is 2.65. The Bertz CT molecular complexity index is 558. The zero-order valence-corrected chi connectivity index (χ0v) is 10.9. The van der Waals surface area contributed by atoms with E-state index in [1.165, 1.54) is 12.1 Å². The maximum absolute atomic E-state index is 12.0. The van der Waals surface area contributed by atoms with E-state index in [1.54, 1.807) is 19.1 Å². The van der Waals surface area contributed by atoms with Crippen LogP contribution in [0.3, 0.4) is 0 Å². The third-order valence-corrected chi connectivity index (χ3v) is 2.86. The standard InChI is InChI=1S/C14H13NO5/c1-2-20-12(17)7-9(16)8-15-13(18)10-5-3-4-6-11(10)14(15)19/h3-6H,2,7-8H2,1H3/i7+1. The van der Waals surface area contributed by atoms with Gasteiger partial charge in [-0.15, -0.1) is 0 Å². The van der Waals surface area contributed by atoms with Crippen LogP contribution in [0.25, 0.3) is 0 Å². The van der Waals surface area contributed by atoms with E-state index < -0.39 is 36.5 Å². The number of benzene rings is 1. The van der Waals surface area contributed by atoms with E-state index in [2.05, 4.69) is 4.74 Å². The highest BCUT2D eigenvalue weighted by atomic mass is 16.5. The highest BCUT2D eigenvalue weighted by Crippen LogP contribution is 2.22. The summed E-state index contributed by atoms with van der Waals surface area (Å²) in [6, 6.07) is 6.36. The van der Waals surface area contributed by atoms with Gasteiger partial charge in [-0.3, -0.25) is 24.1 Å². The maximum atomic E-state index is 12.0. The molecule has 0 fully saturated rings. The molecule has 1 aromatic rings. The molecule has 0 atom stereocenters. The number of fused-ring (bicyclic) bond motifs is 1. The first-order valence-corrected chi connectivity index (χ1v) is 6.17. The van der Waals surface area contributed by atoms with E-state index in [9.17, 15) is 19.2 Å². The molecule has 0 aromatic heterocycles. The molecular weight excluding hydrogens is 263 g/mol. The van der Waals surface area contributed by atoms with E-state index >= 15 is 0 Å². The fourth-order valence-electron chi connectivity index (χ4n) is 1.99. The van der Waals surface area contributed by atoms with Gasteiger partial charge in [-0.05, 0) is 19.1 Å².